The van der Waals surface area contributed by atoms with Gasteiger partial charge in [-0.2, -0.15) is 0 Å². The van der Waals surface area contributed by atoms with Crippen LogP contribution in [0.2, 0.25) is 0 Å². The second-order valence-electron chi connectivity index (χ2n) is 6.34. The van der Waals surface area contributed by atoms with Gasteiger partial charge in [0.05, 0.1) is 13.2 Å². The summed E-state index contributed by atoms with van der Waals surface area (Å²) in [5, 5.41) is 2.39. The van der Waals surface area contributed by atoms with Crippen LogP contribution in [0.3, 0.4) is 0 Å². The average Bonchev–Trinajstić information content (AvgIpc) is 3.18. The van der Waals surface area contributed by atoms with E-state index in [1.165, 1.54) is 36.0 Å². The van der Waals surface area contributed by atoms with Crippen LogP contribution in [0.1, 0.15) is 30.7 Å². The van der Waals surface area contributed by atoms with Gasteiger partial charge >= 0.3 is 5.97 Å². The van der Waals surface area contributed by atoms with Crippen molar-refractivity contribution in [2.75, 3.05) is 14.2 Å². The molecule has 0 N–H and O–H groups in total. The van der Waals surface area contributed by atoms with Gasteiger partial charge in [0.25, 0.3) is 0 Å². The number of carbonyl (C=O) groups excluding carboxylic acids is 1. The molecular formula is C22H24O3. The second-order valence-corrected chi connectivity index (χ2v) is 6.34. The first-order valence-electron chi connectivity index (χ1n) is 8.69. The van der Waals surface area contributed by atoms with Crippen molar-refractivity contribution in [1.29, 1.82) is 0 Å². The van der Waals surface area contributed by atoms with Crippen LogP contribution >= 0.6 is 0 Å². The van der Waals surface area contributed by atoms with E-state index in [4.69, 9.17) is 9.47 Å². The predicted molar refractivity (Wildman–Crippen MR) is 101 cm³/mol. The number of rotatable bonds is 6. The molecule has 2 atom stereocenters. The number of hydrogen-bond donors (Lipinski definition) is 0. The van der Waals surface area contributed by atoms with E-state index in [1.807, 2.05) is 18.2 Å². The summed E-state index contributed by atoms with van der Waals surface area (Å²) >= 11 is 0. The van der Waals surface area contributed by atoms with Crippen molar-refractivity contribution < 1.29 is 14.3 Å². The Labute approximate surface area is 148 Å². The van der Waals surface area contributed by atoms with Crippen LogP contribution in [0.25, 0.3) is 10.8 Å². The Balaban J connectivity index is 2.01. The van der Waals surface area contributed by atoms with Gasteiger partial charge in [-0.1, -0.05) is 54.6 Å². The number of esters is 1. The molecule has 25 heavy (non-hydrogen) atoms. The van der Waals surface area contributed by atoms with Gasteiger partial charge in [-0.25, -0.2) is 4.79 Å². The van der Waals surface area contributed by atoms with Crippen molar-refractivity contribution >= 4 is 16.7 Å². The largest absolute Gasteiger partial charge is 0.466 e. The van der Waals surface area contributed by atoms with Crippen LogP contribution < -0.4 is 0 Å². The van der Waals surface area contributed by atoms with E-state index in [2.05, 4.69) is 36.4 Å². The quantitative estimate of drug-likeness (QED) is 0.433. The number of fused-ring (bicyclic) bond motifs is 1. The Morgan fingerprint density at radius 3 is 2.60 bits per heavy atom. The minimum Gasteiger partial charge on any atom is -0.466 e. The van der Waals surface area contributed by atoms with Crippen molar-refractivity contribution in [2.45, 2.75) is 31.3 Å². The molecule has 130 valence electrons. The molecule has 2 aromatic rings. The summed E-state index contributed by atoms with van der Waals surface area (Å²) in [6.07, 6.45) is 8.93. The molecular weight excluding hydrogens is 312 g/mol. The third kappa shape index (κ3) is 3.99. The van der Waals surface area contributed by atoms with Crippen LogP contribution in [0, 0.1) is 0 Å². The lowest BCUT2D eigenvalue weighted by Gasteiger charge is -2.25. The van der Waals surface area contributed by atoms with Crippen molar-refractivity contribution in [3.05, 3.63) is 71.8 Å². The summed E-state index contributed by atoms with van der Waals surface area (Å²) in [6.45, 7) is 0. The molecule has 3 heteroatoms. The first-order chi connectivity index (χ1) is 12.2. The molecule has 0 aliphatic heterocycles. The summed E-state index contributed by atoms with van der Waals surface area (Å²) in [5.41, 5.74) is 2.45. The maximum Gasteiger partial charge on any atom is 0.330 e. The lowest BCUT2D eigenvalue weighted by atomic mass is 9.87. The van der Waals surface area contributed by atoms with Gasteiger partial charge in [-0.3, -0.25) is 0 Å². The van der Waals surface area contributed by atoms with Gasteiger partial charge < -0.3 is 9.47 Å². The fourth-order valence-electron chi connectivity index (χ4n) is 3.53. The summed E-state index contributed by atoms with van der Waals surface area (Å²) in [7, 11) is 3.13. The zero-order valence-electron chi connectivity index (χ0n) is 14.8. The highest BCUT2D eigenvalue weighted by atomic mass is 16.5. The SMILES string of the molecule is COC(=O)/C=C/[C@@H](c1ccc2ccccc2c1)[C@@H](OC)C1=CCCC1. The van der Waals surface area contributed by atoms with Gasteiger partial charge in [-0.15, -0.1) is 0 Å². The smallest absolute Gasteiger partial charge is 0.330 e. The average molecular weight is 336 g/mol. The predicted octanol–water partition coefficient (Wildman–Crippen LogP) is 4.78. The summed E-state index contributed by atoms with van der Waals surface area (Å²) in [5.74, 6) is -0.376. The molecule has 1 aliphatic rings. The van der Waals surface area contributed by atoms with E-state index in [0.29, 0.717) is 0 Å². The summed E-state index contributed by atoms with van der Waals surface area (Å²) in [4.78, 5) is 11.6. The van der Waals surface area contributed by atoms with Crippen molar-refractivity contribution in [3.63, 3.8) is 0 Å². The molecule has 0 amide bonds. The molecule has 3 rings (SSSR count). The van der Waals surface area contributed by atoms with E-state index in [-0.39, 0.29) is 18.0 Å². The Morgan fingerprint density at radius 2 is 1.92 bits per heavy atom. The molecule has 3 nitrogen and oxygen atoms in total. The zero-order valence-corrected chi connectivity index (χ0v) is 14.8. The highest BCUT2D eigenvalue weighted by molar-refractivity contribution is 5.84. The molecule has 0 saturated heterocycles. The van der Waals surface area contributed by atoms with E-state index in [1.54, 1.807) is 7.11 Å². The van der Waals surface area contributed by atoms with Crippen LogP contribution in [0.15, 0.2) is 66.3 Å². The Kier molecular flexibility index (Phi) is 5.67. The van der Waals surface area contributed by atoms with Gasteiger partial charge in [-0.05, 0) is 41.2 Å². The molecule has 0 unspecified atom stereocenters. The zero-order chi connectivity index (χ0) is 17.6. The molecule has 0 bridgehead atoms. The third-order valence-electron chi connectivity index (χ3n) is 4.82. The first kappa shape index (κ1) is 17.4. The van der Waals surface area contributed by atoms with E-state index in [9.17, 15) is 4.79 Å². The number of carbonyl (C=O) groups is 1. The van der Waals surface area contributed by atoms with Gasteiger partial charge in [0.1, 0.15) is 0 Å². The Morgan fingerprint density at radius 1 is 1.12 bits per heavy atom. The molecule has 0 fully saturated rings. The molecule has 0 radical (unpaired) electrons. The normalized spacial score (nSPS) is 16.8. The van der Waals surface area contributed by atoms with E-state index < -0.39 is 0 Å². The summed E-state index contributed by atoms with van der Waals surface area (Å²) in [6, 6.07) is 14.7. The van der Waals surface area contributed by atoms with Gasteiger partial charge in [0.2, 0.25) is 0 Å². The van der Waals surface area contributed by atoms with Crippen molar-refractivity contribution in [1.82, 2.24) is 0 Å². The van der Waals surface area contributed by atoms with Gasteiger partial charge in [0, 0.05) is 19.1 Å². The number of benzene rings is 2. The molecule has 0 heterocycles. The van der Waals surface area contributed by atoms with Crippen LogP contribution in [0.4, 0.5) is 0 Å². The fraction of sp³-hybridized carbons (Fsp3) is 0.318. The second kappa shape index (κ2) is 8.13. The lowest BCUT2D eigenvalue weighted by molar-refractivity contribution is -0.134. The van der Waals surface area contributed by atoms with Crippen LogP contribution in [-0.2, 0) is 14.3 Å². The number of hydrogen-bond acceptors (Lipinski definition) is 3. The van der Waals surface area contributed by atoms with Crippen molar-refractivity contribution in [2.24, 2.45) is 0 Å². The number of ether oxygens (including phenoxy) is 2. The van der Waals surface area contributed by atoms with E-state index >= 15 is 0 Å². The lowest BCUT2D eigenvalue weighted by Crippen LogP contribution is -2.22. The van der Waals surface area contributed by atoms with E-state index in [0.717, 1.165) is 18.4 Å². The molecule has 1 aliphatic carbocycles. The topological polar surface area (TPSA) is 35.5 Å². The highest BCUT2D eigenvalue weighted by Gasteiger charge is 2.26. The minimum atomic E-state index is -0.346. The maximum absolute atomic E-state index is 11.6. The molecule has 0 saturated carbocycles. The monoisotopic (exact) mass is 336 g/mol. The first-order valence-corrected chi connectivity index (χ1v) is 8.69. The highest BCUT2D eigenvalue weighted by Crippen LogP contribution is 2.34. The number of methoxy groups -OCH3 is 2. The minimum absolute atomic E-state index is 0.0296. The molecule has 0 aromatic heterocycles. The van der Waals surface area contributed by atoms with Gasteiger partial charge in [0.15, 0.2) is 0 Å². The Hall–Kier alpha value is -2.39. The van der Waals surface area contributed by atoms with Crippen LogP contribution in [0.5, 0.6) is 0 Å². The molecule has 2 aromatic carbocycles. The maximum atomic E-state index is 11.6. The Bertz CT molecular complexity index is 804. The van der Waals surface area contributed by atoms with Crippen molar-refractivity contribution in [3.8, 4) is 0 Å². The van der Waals surface area contributed by atoms with Crippen LogP contribution in [-0.4, -0.2) is 26.3 Å². The summed E-state index contributed by atoms with van der Waals surface area (Å²) < 4.78 is 10.6. The third-order valence-corrected chi connectivity index (χ3v) is 4.82. The standard InChI is InChI=1S/C22H24O3/c1-24-21(23)14-13-20(22(25-2)17-8-4-5-9-17)19-12-11-16-7-3-6-10-18(16)15-19/h3,6-8,10-15,20,22H,4-5,9H2,1-2H3/b14-13+/t20-,22-/m0/s1. The number of allylic oxidation sites excluding steroid dienone is 1. The molecule has 0 spiro atoms. The fourth-order valence-corrected chi connectivity index (χ4v) is 3.53.